The second-order valence-electron chi connectivity index (χ2n) is 6.75. The fourth-order valence-electron chi connectivity index (χ4n) is 3.07. The summed E-state index contributed by atoms with van der Waals surface area (Å²) in [7, 11) is 0. The number of halogens is 2. The number of ether oxygens (including phenoxy) is 1. The molecular formula is C22H20Br2N2O3S. The molecule has 1 aromatic heterocycles. The number of nitrogens with two attached hydrogens (primary N) is 1. The summed E-state index contributed by atoms with van der Waals surface area (Å²) >= 11 is 8.23. The van der Waals surface area contributed by atoms with Crippen molar-refractivity contribution in [3.05, 3.63) is 78.5 Å². The third-order valence-electron chi connectivity index (χ3n) is 4.49. The molecule has 2 aromatic carbocycles. The zero-order chi connectivity index (χ0) is 21.8. The number of nitrogens with one attached hydrogen (secondary N) is 1. The number of anilines is 1. The van der Waals surface area contributed by atoms with Crippen LogP contribution in [-0.4, -0.2) is 18.4 Å². The van der Waals surface area contributed by atoms with Gasteiger partial charge in [-0.25, -0.2) is 0 Å². The topological polar surface area (TPSA) is 81.4 Å². The van der Waals surface area contributed by atoms with Gasteiger partial charge in [0, 0.05) is 15.8 Å². The molecule has 3 aromatic rings. The Morgan fingerprint density at radius 2 is 1.83 bits per heavy atom. The van der Waals surface area contributed by atoms with E-state index in [-0.39, 0.29) is 12.5 Å². The first kappa shape index (κ1) is 22.5. The summed E-state index contributed by atoms with van der Waals surface area (Å²) in [6.45, 7) is 3.56. The molecule has 0 fully saturated rings. The van der Waals surface area contributed by atoms with Crippen LogP contribution in [0.3, 0.4) is 0 Å². The molecule has 0 saturated carbocycles. The Morgan fingerprint density at radius 3 is 2.47 bits per heavy atom. The molecule has 0 unspecified atom stereocenters. The lowest BCUT2D eigenvalue weighted by Crippen LogP contribution is -2.22. The van der Waals surface area contributed by atoms with Crippen molar-refractivity contribution in [2.45, 2.75) is 20.3 Å². The Morgan fingerprint density at radius 1 is 1.13 bits per heavy atom. The standard InChI is InChI=1S/C22H20Br2N2O3S/c1-12-8-15(23)10-16(24)20(12)29-11-18(27)26-22-19(21(25)28)13(2)17(30-22)9-14-6-4-3-5-7-14/h3-8,10H,9,11H2,1-2H3,(H2,25,28)(H,26,27). The van der Waals surface area contributed by atoms with Gasteiger partial charge in [-0.1, -0.05) is 46.3 Å². The summed E-state index contributed by atoms with van der Waals surface area (Å²) in [6, 6.07) is 13.7. The van der Waals surface area contributed by atoms with Crippen molar-refractivity contribution < 1.29 is 14.3 Å². The summed E-state index contributed by atoms with van der Waals surface area (Å²) in [5.74, 6) is -0.333. The van der Waals surface area contributed by atoms with Crippen molar-refractivity contribution >= 4 is 60.0 Å². The van der Waals surface area contributed by atoms with E-state index in [9.17, 15) is 9.59 Å². The second-order valence-corrected chi connectivity index (χ2v) is 9.63. The number of hydrogen-bond acceptors (Lipinski definition) is 4. The molecule has 0 bridgehead atoms. The Balaban J connectivity index is 1.76. The molecule has 5 nitrogen and oxygen atoms in total. The highest BCUT2D eigenvalue weighted by Crippen LogP contribution is 2.35. The number of carbonyl (C=O) groups is 2. The lowest BCUT2D eigenvalue weighted by Gasteiger charge is -2.12. The van der Waals surface area contributed by atoms with Crippen LogP contribution in [0, 0.1) is 13.8 Å². The summed E-state index contributed by atoms with van der Waals surface area (Å²) < 4.78 is 7.36. The van der Waals surface area contributed by atoms with E-state index in [4.69, 9.17) is 10.5 Å². The van der Waals surface area contributed by atoms with E-state index < -0.39 is 5.91 Å². The molecule has 3 rings (SSSR count). The van der Waals surface area contributed by atoms with Crippen molar-refractivity contribution in [2.24, 2.45) is 5.73 Å². The van der Waals surface area contributed by atoms with Gasteiger partial charge in [-0.05, 0) is 58.6 Å². The average molecular weight is 552 g/mol. The van der Waals surface area contributed by atoms with Gasteiger partial charge in [-0.3, -0.25) is 9.59 Å². The highest BCUT2D eigenvalue weighted by molar-refractivity contribution is 9.11. The summed E-state index contributed by atoms with van der Waals surface area (Å²) in [6.07, 6.45) is 0.662. The molecule has 0 radical (unpaired) electrons. The van der Waals surface area contributed by atoms with Gasteiger partial charge >= 0.3 is 0 Å². The van der Waals surface area contributed by atoms with E-state index in [1.165, 1.54) is 11.3 Å². The van der Waals surface area contributed by atoms with Gasteiger partial charge in [0.2, 0.25) is 0 Å². The van der Waals surface area contributed by atoms with Gasteiger partial charge in [-0.15, -0.1) is 11.3 Å². The number of amides is 2. The van der Waals surface area contributed by atoms with Crippen molar-refractivity contribution in [3.63, 3.8) is 0 Å². The summed E-state index contributed by atoms with van der Waals surface area (Å²) in [5.41, 5.74) is 8.74. The first-order valence-corrected chi connectivity index (χ1v) is 11.5. The number of carbonyl (C=O) groups excluding carboxylic acids is 2. The maximum absolute atomic E-state index is 12.5. The first-order chi connectivity index (χ1) is 14.3. The van der Waals surface area contributed by atoms with Crippen LogP contribution in [0.2, 0.25) is 0 Å². The Labute approximate surface area is 195 Å². The van der Waals surface area contributed by atoms with Crippen molar-refractivity contribution in [3.8, 4) is 5.75 Å². The third-order valence-corrected chi connectivity index (χ3v) is 6.75. The molecule has 8 heteroatoms. The molecule has 2 amide bonds. The number of rotatable bonds is 7. The zero-order valence-corrected chi connectivity index (χ0v) is 20.4. The van der Waals surface area contributed by atoms with Crippen LogP contribution >= 0.6 is 43.2 Å². The van der Waals surface area contributed by atoms with E-state index in [0.29, 0.717) is 22.7 Å². The minimum absolute atomic E-state index is 0.190. The normalized spacial score (nSPS) is 10.7. The fraction of sp³-hybridized carbons (Fsp3) is 0.182. The average Bonchev–Trinajstić information content (AvgIpc) is 2.96. The molecule has 156 valence electrons. The molecular weight excluding hydrogens is 532 g/mol. The minimum atomic E-state index is -0.564. The predicted octanol–water partition coefficient (Wildman–Crippen LogP) is 5.60. The summed E-state index contributed by atoms with van der Waals surface area (Å²) in [4.78, 5) is 25.5. The predicted molar refractivity (Wildman–Crippen MR) is 128 cm³/mol. The van der Waals surface area contributed by atoms with Crippen LogP contribution in [0.15, 0.2) is 51.4 Å². The van der Waals surface area contributed by atoms with Gasteiger partial charge in [-0.2, -0.15) is 0 Å². The smallest absolute Gasteiger partial charge is 0.262 e. The second kappa shape index (κ2) is 9.76. The van der Waals surface area contributed by atoms with Crippen molar-refractivity contribution in [1.29, 1.82) is 0 Å². The van der Waals surface area contributed by atoms with Gasteiger partial charge < -0.3 is 15.8 Å². The maximum atomic E-state index is 12.5. The SMILES string of the molecule is Cc1cc(Br)cc(Br)c1OCC(=O)Nc1sc(Cc2ccccc2)c(C)c1C(N)=O. The van der Waals surface area contributed by atoms with Crippen LogP contribution < -0.4 is 15.8 Å². The van der Waals surface area contributed by atoms with Gasteiger partial charge in [0.15, 0.2) is 6.61 Å². The van der Waals surface area contributed by atoms with Gasteiger partial charge in [0.25, 0.3) is 11.8 Å². The number of thiophene rings is 1. The largest absolute Gasteiger partial charge is 0.482 e. The zero-order valence-electron chi connectivity index (χ0n) is 16.4. The van der Waals surface area contributed by atoms with E-state index >= 15 is 0 Å². The molecule has 3 N–H and O–H groups in total. The monoisotopic (exact) mass is 550 g/mol. The molecule has 0 aliphatic heterocycles. The molecule has 0 saturated heterocycles. The van der Waals surface area contributed by atoms with Crippen molar-refractivity contribution in [1.82, 2.24) is 0 Å². The number of primary amides is 1. The van der Waals surface area contributed by atoms with E-state index in [1.807, 2.05) is 56.3 Å². The maximum Gasteiger partial charge on any atom is 0.262 e. The Hall–Kier alpha value is -2.16. The van der Waals surface area contributed by atoms with Crippen molar-refractivity contribution in [2.75, 3.05) is 11.9 Å². The van der Waals surface area contributed by atoms with Crippen LogP contribution in [0.25, 0.3) is 0 Å². The molecule has 0 aliphatic carbocycles. The van der Waals surface area contributed by atoms with Crippen LogP contribution in [0.5, 0.6) is 5.75 Å². The third kappa shape index (κ3) is 5.30. The van der Waals surface area contributed by atoms with E-state index in [2.05, 4.69) is 37.2 Å². The van der Waals surface area contributed by atoms with E-state index in [1.54, 1.807) is 0 Å². The van der Waals surface area contributed by atoms with Gasteiger partial charge in [0.1, 0.15) is 10.8 Å². The Bertz CT molecular complexity index is 1070. The number of benzene rings is 2. The lowest BCUT2D eigenvalue weighted by molar-refractivity contribution is -0.118. The molecule has 0 atom stereocenters. The lowest BCUT2D eigenvalue weighted by atomic mass is 10.1. The van der Waals surface area contributed by atoms with Crippen LogP contribution in [0.4, 0.5) is 5.00 Å². The number of aryl methyl sites for hydroxylation is 1. The van der Waals surface area contributed by atoms with Gasteiger partial charge in [0.05, 0.1) is 10.0 Å². The van der Waals surface area contributed by atoms with Crippen LogP contribution in [0.1, 0.15) is 31.9 Å². The first-order valence-electron chi connectivity index (χ1n) is 9.10. The highest BCUT2D eigenvalue weighted by Gasteiger charge is 2.21. The minimum Gasteiger partial charge on any atom is -0.482 e. The molecule has 0 aliphatic rings. The number of hydrogen-bond donors (Lipinski definition) is 2. The molecule has 30 heavy (non-hydrogen) atoms. The summed E-state index contributed by atoms with van der Waals surface area (Å²) in [5, 5.41) is 3.24. The fourth-order valence-corrected chi connectivity index (χ4v) is 5.88. The quantitative estimate of drug-likeness (QED) is 0.401. The van der Waals surface area contributed by atoms with E-state index in [0.717, 1.165) is 30.5 Å². The Kier molecular flexibility index (Phi) is 7.33. The molecule has 1 heterocycles. The molecule has 0 spiro atoms. The van der Waals surface area contributed by atoms with Crippen LogP contribution in [-0.2, 0) is 11.2 Å². The highest BCUT2D eigenvalue weighted by atomic mass is 79.9.